The van der Waals surface area contributed by atoms with Crippen molar-refractivity contribution < 1.29 is 14.6 Å². The molecule has 0 unspecified atom stereocenters. The first-order valence-electron chi connectivity index (χ1n) is 7.19. The Morgan fingerprint density at radius 1 is 1.32 bits per heavy atom. The molecule has 1 N–H and O–H groups in total. The molecule has 2 heterocycles. The van der Waals surface area contributed by atoms with E-state index in [2.05, 4.69) is 20.3 Å². The van der Waals surface area contributed by atoms with Gasteiger partial charge in [0.15, 0.2) is 5.82 Å². The van der Waals surface area contributed by atoms with Gasteiger partial charge in [-0.05, 0) is 36.5 Å². The highest BCUT2D eigenvalue weighted by molar-refractivity contribution is 7.71. The highest BCUT2D eigenvalue weighted by Gasteiger charge is 2.08. The number of para-hydroxylation sites is 1. The monoisotopic (exact) mass is 354 g/mol. The van der Waals surface area contributed by atoms with Crippen LogP contribution in [0.25, 0.3) is 11.4 Å². The summed E-state index contributed by atoms with van der Waals surface area (Å²) in [5.74, 6) is -0.406. The number of carboxylic acid groups (broad SMARTS) is 1. The first-order chi connectivity index (χ1) is 12.1. The van der Waals surface area contributed by atoms with E-state index in [4.69, 9.17) is 17.0 Å². The van der Waals surface area contributed by atoms with Gasteiger partial charge < -0.3 is 14.6 Å². The number of aromatic nitrogens is 4. The van der Waals surface area contributed by atoms with E-state index in [0.29, 0.717) is 21.9 Å². The van der Waals surface area contributed by atoms with Crippen molar-refractivity contribution in [3.63, 3.8) is 0 Å². The lowest BCUT2D eigenvalue weighted by atomic mass is 10.2. The van der Waals surface area contributed by atoms with Crippen LogP contribution in [0.1, 0.15) is 5.56 Å². The quantitative estimate of drug-likeness (QED) is 0.523. The number of rotatable bonds is 6. The molecule has 0 aliphatic heterocycles. The molecule has 0 bridgehead atoms. The molecular formula is C16H12N5O3S-. The Balaban J connectivity index is 1.93. The van der Waals surface area contributed by atoms with E-state index in [1.165, 1.54) is 10.9 Å². The number of aromatic amines is 1. The number of nitrogens with zero attached hydrogens (tertiary/aromatic N) is 4. The van der Waals surface area contributed by atoms with Crippen LogP contribution in [0, 0.1) is 4.77 Å². The van der Waals surface area contributed by atoms with Crippen molar-refractivity contribution in [1.29, 1.82) is 0 Å². The van der Waals surface area contributed by atoms with Gasteiger partial charge in [0.1, 0.15) is 12.4 Å². The molecule has 0 fully saturated rings. The van der Waals surface area contributed by atoms with Crippen molar-refractivity contribution in [2.24, 2.45) is 5.10 Å². The van der Waals surface area contributed by atoms with E-state index >= 15 is 0 Å². The Morgan fingerprint density at radius 3 is 2.84 bits per heavy atom. The summed E-state index contributed by atoms with van der Waals surface area (Å²) >= 11 is 5.20. The number of ether oxygens (including phenoxy) is 1. The maximum Gasteiger partial charge on any atom is 0.216 e. The van der Waals surface area contributed by atoms with Gasteiger partial charge in [0.25, 0.3) is 0 Å². The molecule has 0 saturated carbocycles. The number of hydrogen-bond acceptors (Lipinski definition) is 7. The minimum atomic E-state index is -1.30. The molecule has 8 nitrogen and oxygen atoms in total. The van der Waals surface area contributed by atoms with E-state index < -0.39 is 12.6 Å². The van der Waals surface area contributed by atoms with Crippen LogP contribution in [0.4, 0.5) is 0 Å². The molecule has 3 rings (SSSR count). The summed E-state index contributed by atoms with van der Waals surface area (Å²) < 4.78 is 6.97. The summed E-state index contributed by atoms with van der Waals surface area (Å²) in [5, 5.41) is 21.8. The Labute approximate surface area is 147 Å². The Bertz CT molecular complexity index is 965. The smallest absolute Gasteiger partial charge is 0.216 e. The average Bonchev–Trinajstić information content (AvgIpc) is 3.00. The number of carbonyl (C=O) groups excluding carboxylic acids is 1. The van der Waals surface area contributed by atoms with Crippen LogP contribution in [0.5, 0.6) is 5.75 Å². The lowest BCUT2D eigenvalue weighted by molar-refractivity contribution is -0.307. The van der Waals surface area contributed by atoms with E-state index in [9.17, 15) is 9.90 Å². The van der Waals surface area contributed by atoms with Crippen LogP contribution in [-0.4, -0.2) is 38.6 Å². The average molecular weight is 354 g/mol. The molecule has 0 saturated heterocycles. The fourth-order valence-corrected chi connectivity index (χ4v) is 2.24. The van der Waals surface area contributed by atoms with Gasteiger partial charge >= 0.3 is 0 Å². The van der Waals surface area contributed by atoms with Crippen LogP contribution < -0.4 is 9.84 Å². The Kier molecular flexibility index (Phi) is 4.95. The van der Waals surface area contributed by atoms with E-state index in [1.807, 2.05) is 0 Å². The maximum absolute atomic E-state index is 10.6. The number of hydrogen-bond donors (Lipinski definition) is 1. The van der Waals surface area contributed by atoms with Crippen molar-refractivity contribution in [3.8, 4) is 17.1 Å². The maximum atomic E-state index is 10.6. The molecule has 0 aliphatic rings. The number of carboxylic acids is 1. The van der Waals surface area contributed by atoms with Crippen molar-refractivity contribution in [3.05, 3.63) is 59.1 Å². The first-order valence-corrected chi connectivity index (χ1v) is 7.60. The molecule has 9 heteroatoms. The van der Waals surface area contributed by atoms with Crippen molar-refractivity contribution in [2.45, 2.75) is 0 Å². The Hall–Kier alpha value is -3.33. The summed E-state index contributed by atoms with van der Waals surface area (Å²) in [4.78, 5) is 14.5. The number of benzene rings is 1. The summed E-state index contributed by atoms with van der Waals surface area (Å²) in [6, 6.07) is 10.5. The third-order valence-corrected chi connectivity index (χ3v) is 3.43. The van der Waals surface area contributed by atoms with Gasteiger partial charge in [0, 0.05) is 23.5 Å². The fourth-order valence-electron chi connectivity index (χ4n) is 2.06. The zero-order valence-corrected chi connectivity index (χ0v) is 13.6. The van der Waals surface area contributed by atoms with Crippen LogP contribution >= 0.6 is 12.2 Å². The van der Waals surface area contributed by atoms with Crippen LogP contribution in [0.2, 0.25) is 0 Å². The summed E-state index contributed by atoms with van der Waals surface area (Å²) in [7, 11) is 0. The molecule has 0 aliphatic carbocycles. The molecular weight excluding hydrogens is 342 g/mol. The van der Waals surface area contributed by atoms with Gasteiger partial charge in [-0.1, -0.05) is 12.1 Å². The third-order valence-electron chi connectivity index (χ3n) is 3.17. The number of pyridine rings is 1. The van der Waals surface area contributed by atoms with Crippen LogP contribution in [0.3, 0.4) is 0 Å². The van der Waals surface area contributed by atoms with Crippen molar-refractivity contribution in [1.82, 2.24) is 19.9 Å². The Morgan fingerprint density at radius 2 is 2.08 bits per heavy atom. The van der Waals surface area contributed by atoms with Gasteiger partial charge in [-0.15, -0.1) is 0 Å². The lowest BCUT2D eigenvalue weighted by Gasteiger charge is -2.09. The topological polar surface area (TPSA) is 108 Å². The van der Waals surface area contributed by atoms with Crippen molar-refractivity contribution >= 4 is 24.4 Å². The van der Waals surface area contributed by atoms with E-state index in [1.54, 1.807) is 48.8 Å². The van der Waals surface area contributed by atoms with Crippen molar-refractivity contribution in [2.75, 3.05) is 6.61 Å². The van der Waals surface area contributed by atoms with Gasteiger partial charge in [-0.25, -0.2) is 5.10 Å². The second-order valence-corrected chi connectivity index (χ2v) is 5.23. The standard InChI is InChI=1S/C16H13N5O3S/c22-14(23)10-24-13-4-2-1-3-12(13)9-18-21-15(19-20-16(21)25)11-5-7-17-8-6-11/h1-9H,10H2,(H,20,25)(H,22,23)/p-1/b18-9-. The number of carbonyl (C=O) groups is 1. The molecule has 0 atom stereocenters. The van der Waals surface area contributed by atoms with Gasteiger partial charge in [0.05, 0.1) is 12.2 Å². The summed E-state index contributed by atoms with van der Waals surface area (Å²) in [5.41, 5.74) is 1.38. The zero-order valence-electron chi connectivity index (χ0n) is 12.8. The molecule has 1 aromatic carbocycles. The predicted molar refractivity (Wildman–Crippen MR) is 90.6 cm³/mol. The molecule has 126 valence electrons. The SMILES string of the molecule is O=C([O-])COc1ccccc1/C=N\n1c(-c2ccncc2)n[nH]c1=S. The second kappa shape index (κ2) is 7.49. The second-order valence-electron chi connectivity index (χ2n) is 4.84. The number of aliphatic carboxylic acids is 1. The predicted octanol–water partition coefficient (Wildman–Crippen LogP) is 1.01. The highest BCUT2D eigenvalue weighted by Crippen LogP contribution is 2.18. The minimum absolute atomic E-state index is 0.316. The zero-order chi connectivity index (χ0) is 17.6. The third kappa shape index (κ3) is 3.96. The molecule has 25 heavy (non-hydrogen) atoms. The van der Waals surface area contributed by atoms with Crippen LogP contribution in [0.15, 0.2) is 53.9 Å². The lowest BCUT2D eigenvalue weighted by Crippen LogP contribution is -2.29. The fraction of sp³-hybridized carbons (Fsp3) is 0.0625. The highest BCUT2D eigenvalue weighted by atomic mass is 32.1. The minimum Gasteiger partial charge on any atom is -0.546 e. The first kappa shape index (κ1) is 16.5. The molecule has 0 amide bonds. The molecule has 0 spiro atoms. The molecule has 3 aromatic rings. The largest absolute Gasteiger partial charge is 0.546 e. The number of H-pyrrole nitrogens is 1. The molecule has 2 aromatic heterocycles. The number of nitrogens with one attached hydrogen (secondary N) is 1. The van der Waals surface area contributed by atoms with Gasteiger partial charge in [-0.2, -0.15) is 14.9 Å². The summed E-state index contributed by atoms with van der Waals surface area (Å²) in [6.07, 6.45) is 4.80. The normalized spacial score (nSPS) is 10.9. The summed E-state index contributed by atoms with van der Waals surface area (Å²) in [6.45, 7) is -0.543. The van der Waals surface area contributed by atoms with E-state index in [0.717, 1.165) is 5.56 Å². The van der Waals surface area contributed by atoms with Gasteiger partial charge in [0.2, 0.25) is 4.77 Å². The van der Waals surface area contributed by atoms with Gasteiger partial charge in [-0.3, -0.25) is 4.98 Å². The van der Waals surface area contributed by atoms with Crippen LogP contribution in [-0.2, 0) is 4.79 Å². The molecule has 0 radical (unpaired) electrons. The van der Waals surface area contributed by atoms with E-state index in [-0.39, 0.29) is 0 Å².